The number of nitrogens with zero attached hydrogens (tertiary/aromatic N) is 7. The third kappa shape index (κ3) is 11.0. The number of rotatable bonds is 16. The zero-order valence-corrected chi connectivity index (χ0v) is 49.1. The Morgan fingerprint density at radius 2 is 0.851 bits per heavy atom. The fraction of sp³-hybridized carbons (Fsp3) is 0.159. The van der Waals surface area contributed by atoms with Gasteiger partial charge in [-0.1, -0.05) is 121 Å². The van der Waals surface area contributed by atoms with Crippen molar-refractivity contribution in [3.8, 4) is 50.6 Å². The molecule has 5 aromatic carbocycles. The first-order valence-corrected chi connectivity index (χ1v) is 29.8. The number of fused-ring (bicyclic) bond motifs is 6. The van der Waals surface area contributed by atoms with Crippen molar-refractivity contribution in [2.75, 3.05) is 13.1 Å². The molecule has 2 saturated heterocycles. The summed E-state index contributed by atoms with van der Waals surface area (Å²) in [6.45, 7) is 2.17. The molecule has 0 aliphatic carbocycles. The number of hydrogen-bond acceptors (Lipinski definition) is 22. The molecule has 0 bridgehead atoms. The van der Waals surface area contributed by atoms with Gasteiger partial charge in [0.2, 0.25) is 0 Å². The minimum Gasteiger partial charge on any atom is -0.458 e. The maximum atomic E-state index is 15.6. The van der Waals surface area contributed by atoms with E-state index in [2.05, 4.69) is 0 Å². The van der Waals surface area contributed by atoms with Gasteiger partial charge in [-0.15, -0.1) is 22.7 Å². The highest BCUT2D eigenvalue weighted by Crippen LogP contribution is 2.59. The number of thiophene rings is 2. The SMILES string of the molecule is CCN1C(=O)/C(=N\c2cc3c(s2)-c2cc4c(cc2C(C(=O)OCc2ccccc2)(C(=O)OCc2ccccc2)O3)-c2sc(/N=C3/S/C(=C(\N)C#N)N(CC)C3=O)cc2OC4(C(=O)OCc2ccccc2)C(=O)OCc2ccccc2)SC1=C(C#N)C#N. The first kappa shape index (κ1) is 58.5. The van der Waals surface area contributed by atoms with Crippen LogP contribution in [0.3, 0.4) is 0 Å². The molecular weight excluding hydrogens is 1190 g/mol. The Hall–Kier alpha value is -10.3. The normalized spacial score (nSPS) is 16.4. The summed E-state index contributed by atoms with van der Waals surface area (Å²) in [5, 5.41) is 29.6. The Balaban J connectivity index is 1.17. The van der Waals surface area contributed by atoms with Crippen molar-refractivity contribution < 1.29 is 57.2 Å². The van der Waals surface area contributed by atoms with Gasteiger partial charge in [0.15, 0.2) is 15.7 Å². The van der Waals surface area contributed by atoms with E-state index in [9.17, 15) is 25.4 Å². The topological polar surface area (TPSA) is 286 Å². The molecule has 2 aromatic heterocycles. The number of ether oxygens (including phenoxy) is 6. The molecule has 87 heavy (non-hydrogen) atoms. The Morgan fingerprint density at radius 1 is 0.517 bits per heavy atom. The highest BCUT2D eigenvalue weighted by atomic mass is 32.2. The quantitative estimate of drug-likeness (QED) is 0.0407. The standard InChI is InChI=1S/C63H44N8O12S4/c1-3-70-54(72)52(86-56(70)40(29-64)30-65)68-48-27-46-50(84-48)41-25-44-42(26-43(41)62(82-46,58(74)78-32-36-17-9-5-10-18-36)59(75)79-33-37-19-11-6-12-20-37)51-47(28-49(85-51)69-53-55(73)71(4-2)57(87-53)45(67)31-66)83-63(44,60(76)80-34-38-21-13-7-14-22-38)61(77)81-35-39-23-15-8-16-24-39/h5-28H,3-4,32-35,67H2,1-2H3/b57-45-,68-52+,69-53+. The predicted octanol–water partition coefficient (Wildman–Crippen LogP) is 10.5. The number of allylic oxidation sites excluding steroid dienone is 2. The molecule has 0 saturated carbocycles. The van der Waals surface area contributed by atoms with Gasteiger partial charge >= 0.3 is 35.1 Å². The maximum Gasteiger partial charge on any atom is 0.367 e. The molecule has 4 aliphatic rings. The van der Waals surface area contributed by atoms with Gasteiger partial charge < -0.3 is 34.2 Å². The monoisotopic (exact) mass is 1230 g/mol. The van der Waals surface area contributed by atoms with Gasteiger partial charge in [-0.2, -0.15) is 15.8 Å². The van der Waals surface area contributed by atoms with E-state index in [1.807, 2.05) is 18.2 Å². The fourth-order valence-electron chi connectivity index (χ4n) is 9.70. The summed E-state index contributed by atoms with van der Waals surface area (Å²) >= 11 is 3.55. The average molecular weight is 1230 g/mol. The summed E-state index contributed by atoms with van der Waals surface area (Å²) in [7, 11) is 0. The van der Waals surface area contributed by atoms with Crippen molar-refractivity contribution in [2.24, 2.45) is 15.7 Å². The molecule has 2 fully saturated rings. The summed E-state index contributed by atoms with van der Waals surface area (Å²) < 4.78 is 37.9. The Kier molecular flexibility index (Phi) is 16.6. The molecule has 7 aromatic rings. The van der Waals surface area contributed by atoms with Crippen molar-refractivity contribution in [3.63, 3.8) is 0 Å². The van der Waals surface area contributed by atoms with Crippen LogP contribution in [0.5, 0.6) is 11.5 Å². The lowest BCUT2D eigenvalue weighted by Gasteiger charge is -2.39. The van der Waals surface area contributed by atoms with E-state index in [1.54, 1.807) is 135 Å². The lowest BCUT2D eigenvalue weighted by molar-refractivity contribution is -0.185. The van der Waals surface area contributed by atoms with E-state index in [0.717, 1.165) is 46.2 Å². The summed E-state index contributed by atoms with van der Waals surface area (Å²) in [6, 6.07) is 45.8. The fourth-order valence-corrected chi connectivity index (χ4v) is 13.8. The molecule has 0 atom stereocenters. The van der Waals surface area contributed by atoms with Crippen molar-refractivity contribution in [1.29, 1.82) is 15.8 Å². The second-order valence-corrected chi connectivity index (χ2v) is 23.2. The van der Waals surface area contributed by atoms with Gasteiger partial charge in [0.05, 0.1) is 9.75 Å². The summed E-state index contributed by atoms with van der Waals surface area (Å²) in [5.74, 6) is -6.46. The smallest absolute Gasteiger partial charge is 0.367 e. The average Bonchev–Trinajstić information content (AvgIpc) is 1.71. The number of thioether (sulfide) groups is 2. The molecular formula is C63H44N8O12S4. The van der Waals surface area contributed by atoms with Crippen LogP contribution in [-0.2, 0) is 85.3 Å². The van der Waals surface area contributed by atoms with Crippen LogP contribution in [-0.4, -0.2) is 68.7 Å². The second kappa shape index (κ2) is 24.7. The molecule has 11 rings (SSSR count). The largest absolute Gasteiger partial charge is 0.458 e. The summed E-state index contributed by atoms with van der Waals surface area (Å²) in [5.41, 5.74) is 1.55. The Bertz CT molecular complexity index is 4110. The zero-order chi connectivity index (χ0) is 61.0. The van der Waals surface area contributed by atoms with Crippen LogP contribution in [0.15, 0.2) is 177 Å². The third-order valence-electron chi connectivity index (χ3n) is 13.9. The highest BCUT2D eigenvalue weighted by Gasteiger charge is 2.62. The molecule has 20 nitrogen and oxygen atoms in total. The van der Waals surface area contributed by atoms with Gasteiger partial charge in [0.25, 0.3) is 11.8 Å². The number of benzene rings is 5. The van der Waals surface area contributed by atoms with Crippen LogP contribution in [0, 0.1) is 34.0 Å². The second-order valence-electron chi connectivity index (χ2n) is 19.2. The third-order valence-corrected chi connectivity index (χ3v) is 18.1. The number of carbonyl (C=O) groups excluding carboxylic acids is 6. The number of carbonyl (C=O) groups is 6. The number of nitriles is 3. The van der Waals surface area contributed by atoms with E-state index in [0.29, 0.717) is 22.3 Å². The molecule has 2 amide bonds. The lowest BCUT2D eigenvalue weighted by Crippen LogP contribution is -2.54. The molecule has 2 N–H and O–H groups in total. The molecule has 24 heteroatoms. The van der Waals surface area contributed by atoms with Gasteiger partial charge in [0, 0.05) is 47.5 Å². The zero-order valence-electron chi connectivity index (χ0n) is 45.8. The molecule has 4 aliphatic heterocycles. The molecule has 0 spiro atoms. The van der Waals surface area contributed by atoms with E-state index in [1.165, 1.54) is 34.1 Å². The van der Waals surface area contributed by atoms with Crippen molar-refractivity contribution in [2.45, 2.75) is 51.5 Å². The first-order chi connectivity index (χ1) is 42.2. The Labute approximate surface area is 513 Å². The van der Waals surface area contributed by atoms with Crippen LogP contribution in [0.2, 0.25) is 0 Å². The number of nitrogens with two attached hydrogens (primary N) is 1. The molecule has 6 heterocycles. The van der Waals surface area contributed by atoms with Crippen LogP contribution >= 0.6 is 46.2 Å². The lowest BCUT2D eigenvalue weighted by atomic mass is 9.78. The van der Waals surface area contributed by atoms with Crippen molar-refractivity contribution in [1.82, 2.24) is 9.80 Å². The van der Waals surface area contributed by atoms with Crippen LogP contribution in [0.1, 0.15) is 47.2 Å². The van der Waals surface area contributed by atoms with Crippen molar-refractivity contribution in [3.05, 3.63) is 200 Å². The number of esters is 4. The van der Waals surface area contributed by atoms with E-state index < -0.39 is 46.9 Å². The van der Waals surface area contributed by atoms with Crippen LogP contribution < -0.4 is 15.2 Å². The number of aliphatic imine (C=N–C) groups is 2. The van der Waals surface area contributed by atoms with Crippen molar-refractivity contribution >= 4 is 102 Å². The minimum atomic E-state index is -2.88. The van der Waals surface area contributed by atoms with Crippen LogP contribution in [0.4, 0.5) is 10.0 Å². The number of amides is 2. The summed E-state index contributed by atoms with van der Waals surface area (Å²) in [4.78, 5) is 103. The van der Waals surface area contributed by atoms with Gasteiger partial charge in [-0.25, -0.2) is 29.2 Å². The predicted molar refractivity (Wildman–Crippen MR) is 322 cm³/mol. The van der Waals surface area contributed by atoms with Gasteiger partial charge in [-0.05, 0) is 71.8 Å². The van der Waals surface area contributed by atoms with E-state index in [4.69, 9.17) is 44.1 Å². The van der Waals surface area contributed by atoms with Gasteiger partial charge in [0.1, 0.15) is 81.9 Å². The first-order valence-electron chi connectivity index (χ1n) is 26.6. The molecule has 0 radical (unpaired) electrons. The maximum absolute atomic E-state index is 15.6. The van der Waals surface area contributed by atoms with Crippen LogP contribution in [0.25, 0.3) is 20.9 Å². The summed E-state index contributed by atoms with van der Waals surface area (Å²) in [6.07, 6.45) is 0. The molecule has 0 unspecified atom stereocenters. The van der Waals surface area contributed by atoms with E-state index in [-0.39, 0.29) is 124 Å². The molecule has 432 valence electrons. The Morgan fingerprint density at radius 3 is 1.17 bits per heavy atom. The number of hydrogen-bond donors (Lipinski definition) is 1. The minimum absolute atomic E-state index is 0.000588. The van der Waals surface area contributed by atoms with Gasteiger partial charge in [-0.3, -0.25) is 19.4 Å². The highest BCUT2D eigenvalue weighted by molar-refractivity contribution is 8.20. The van der Waals surface area contributed by atoms with E-state index >= 15 is 19.2 Å².